The number of anilines is 3. The summed E-state index contributed by atoms with van der Waals surface area (Å²) in [6.45, 7) is 10.5. The predicted molar refractivity (Wildman–Crippen MR) is 114 cm³/mol. The van der Waals surface area contributed by atoms with Crippen LogP contribution < -0.4 is 4.90 Å². The van der Waals surface area contributed by atoms with Gasteiger partial charge in [-0.25, -0.2) is 0 Å². The smallest absolute Gasteiger partial charge is 0.0461 e. The number of nitrogens with zero attached hydrogens (tertiary/aromatic N) is 1. The molecule has 0 aliphatic heterocycles. The second-order valence-electron chi connectivity index (χ2n) is 7.43. The Bertz CT molecular complexity index is 843. The van der Waals surface area contributed by atoms with Crippen LogP contribution >= 0.6 is 0 Å². The first kappa shape index (κ1) is 18.0. The molecule has 1 nitrogen and oxygen atoms in total. The Kier molecular flexibility index (Phi) is 5.27. The Morgan fingerprint density at radius 2 is 1.27 bits per heavy atom. The number of allylic oxidation sites excluding steroid dienone is 1. The predicted octanol–water partition coefficient (Wildman–Crippen LogP) is 7.32. The third kappa shape index (κ3) is 3.88. The Morgan fingerprint density at radius 3 is 1.81 bits per heavy atom. The molecule has 0 bridgehead atoms. The fraction of sp³-hybridized carbons (Fsp3) is 0.200. The van der Waals surface area contributed by atoms with E-state index in [-0.39, 0.29) is 5.41 Å². The molecule has 0 unspecified atom stereocenters. The molecule has 0 amide bonds. The summed E-state index contributed by atoms with van der Waals surface area (Å²) in [5.74, 6) is 0. The molecule has 0 saturated carbocycles. The van der Waals surface area contributed by atoms with Gasteiger partial charge in [-0.1, -0.05) is 68.0 Å². The maximum Gasteiger partial charge on any atom is 0.0461 e. The summed E-state index contributed by atoms with van der Waals surface area (Å²) in [5, 5.41) is 0. The number of hydrogen-bond acceptors (Lipinski definition) is 1. The van der Waals surface area contributed by atoms with Crippen LogP contribution in [0, 0.1) is 6.92 Å². The number of para-hydroxylation sites is 1. The van der Waals surface area contributed by atoms with Crippen LogP contribution in [0.4, 0.5) is 17.1 Å². The van der Waals surface area contributed by atoms with Crippen molar-refractivity contribution in [2.75, 3.05) is 4.90 Å². The summed E-state index contributed by atoms with van der Waals surface area (Å²) < 4.78 is 0. The summed E-state index contributed by atoms with van der Waals surface area (Å²) in [7, 11) is 0. The van der Waals surface area contributed by atoms with Crippen molar-refractivity contribution in [3.8, 4) is 0 Å². The van der Waals surface area contributed by atoms with Gasteiger partial charge in [0.2, 0.25) is 0 Å². The van der Waals surface area contributed by atoms with Gasteiger partial charge in [0, 0.05) is 17.1 Å². The molecule has 132 valence electrons. The second kappa shape index (κ2) is 7.61. The van der Waals surface area contributed by atoms with Crippen LogP contribution in [0.25, 0.3) is 0 Å². The van der Waals surface area contributed by atoms with Crippen molar-refractivity contribution in [3.63, 3.8) is 0 Å². The molecule has 0 fully saturated rings. The zero-order chi connectivity index (χ0) is 18.6. The molecule has 0 aromatic heterocycles. The van der Waals surface area contributed by atoms with Crippen LogP contribution in [0.5, 0.6) is 0 Å². The molecule has 3 aromatic rings. The second-order valence-corrected chi connectivity index (χ2v) is 7.43. The first-order valence-corrected chi connectivity index (χ1v) is 9.14. The third-order valence-corrected chi connectivity index (χ3v) is 4.87. The van der Waals surface area contributed by atoms with Crippen molar-refractivity contribution in [2.24, 2.45) is 0 Å². The van der Waals surface area contributed by atoms with Gasteiger partial charge in [0.05, 0.1) is 0 Å². The van der Waals surface area contributed by atoms with E-state index < -0.39 is 0 Å². The van der Waals surface area contributed by atoms with Crippen LogP contribution in [-0.2, 0) is 5.41 Å². The molecular weight excluding hydrogens is 314 g/mol. The lowest BCUT2D eigenvalue weighted by atomic mass is 9.81. The summed E-state index contributed by atoms with van der Waals surface area (Å²) in [5.41, 5.74) is 6.19. The highest BCUT2D eigenvalue weighted by atomic mass is 15.1. The van der Waals surface area contributed by atoms with Crippen LogP contribution in [0.1, 0.15) is 31.4 Å². The summed E-state index contributed by atoms with van der Waals surface area (Å²) in [6.07, 6.45) is 2.96. The van der Waals surface area contributed by atoms with Crippen molar-refractivity contribution in [1.82, 2.24) is 0 Å². The molecule has 26 heavy (non-hydrogen) atoms. The molecule has 0 radical (unpaired) electrons. The van der Waals surface area contributed by atoms with E-state index in [9.17, 15) is 0 Å². The van der Waals surface area contributed by atoms with Crippen molar-refractivity contribution in [3.05, 3.63) is 103 Å². The van der Waals surface area contributed by atoms with E-state index in [0.717, 1.165) is 12.1 Å². The van der Waals surface area contributed by atoms with Crippen molar-refractivity contribution in [2.45, 2.75) is 32.6 Å². The first-order valence-electron chi connectivity index (χ1n) is 9.14. The Balaban J connectivity index is 2.02. The van der Waals surface area contributed by atoms with E-state index in [1.54, 1.807) is 0 Å². The maximum absolute atomic E-state index is 3.90. The monoisotopic (exact) mass is 341 g/mol. The highest BCUT2D eigenvalue weighted by molar-refractivity contribution is 5.76. The fourth-order valence-electron chi connectivity index (χ4n) is 3.26. The first-order chi connectivity index (χ1) is 12.5. The maximum atomic E-state index is 3.90. The zero-order valence-corrected chi connectivity index (χ0v) is 15.9. The lowest BCUT2D eigenvalue weighted by molar-refractivity contribution is 0.534. The minimum absolute atomic E-state index is 0.0989. The molecule has 1 heteroatoms. The normalized spacial score (nSPS) is 11.2. The minimum atomic E-state index is 0.0989. The van der Waals surface area contributed by atoms with Crippen LogP contribution in [0.15, 0.2) is 91.5 Å². The Hall–Kier alpha value is -2.80. The average molecular weight is 341 g/mol. The van der Waals surface area contributed by atoms with Crippen molar-refractivity contribution in [1.29, 1.82) is 0 Å². The SMILES string of the molecule is C=CCC(C)(C)c1ccc(N(c2ccccc2)c2ccc(C)cc2)cc1. The van der Waals surface area contributed by atoms with Gasteiger partial charge >= 0.3 is 0 Å². The van der Waals surface area contributed by atoms with Gasteiger partial charge in [-0.05, 0) is 60.7 Å². The largest absolute Gasteiger partial charge is 0.311 e. The zero-order valence-electron chi connectivity index (χ0n) is 15.9. The van der Waals surface area contributed by atoms with E-state index in [4.69, 9.17) is 0 Å². The number of aryl methyl sites for hydroxylation is 1. The molecule has 0 aliphatic carbocycles. The van der Waals surface area contributed by atoms with Crippen molar-refractivity contribution >= 4 is 17.1 Å². The van der Waals surface area contributed by atoms with E-state index in [1.807, 2.05) is 6.08 Å². The molecule has 0 spiro atoms. The van der Waals surface area contributed by atoms with Gasteiger partial charge in [0.25, 0.3) is 0 Å². The molecule has 0 N–H and O–H groups in total. The molecule has 3 rings (SSSR count). The van der Waals surface area contributed by atoms with E-state index >= 15 is 0 Å². The summed E-state index contributed by atoms with van der Waals surface area (Å²) in [6, 6.07) is 28.1. The topological polar surface area (TPSA) is 3.24 Å². The molecule has 0 aliphatic rings. The quantitative estimate of drug-likeness (QED) is 0.425. The Labute approximate surface area is 157 Å². The van der Waals surface area contributed by atoms with Gasteiger partial charge in [0.15, 0.2) is 0 Å². The Morgan fingerprint density at radius 1 is 0.769 bits per heavy atom. The number of benzene rings is 3. The van der Waals surface area contributed by atoms with Gasteiger partial charge in [0.1, 0.15) is 0 Å². The highest BCUT2D eigenvalue weighted by Crippen LogP contribution is 2.36. The van der Waals surface area contributed by atoms with E-state index in [0.29, 0.717) is 0 Å². The van der Waals surface area contributed by atoms with E-state index in [2.05, 4.69) is 111 Å². The fourth-order valence-corrected chi connectivity index (χ4v) is 3.26. The number of rotatable bonds is 6. The minimum Gasteiger partial charge on any atom is -0.311 e. The van der Waals surface area contributed by atoms with E-state index in [1.165, 1.54) is 22.5 Å². The molecule has 0 saturated heterocycles. The van der Waals surface area contributed by atoms with Gasteiger partial charge in [-0.15, -0.1) is 6.58 Å². The molecule has 0 heterocycles. The third-order valence-electron chi connectivity index (χ3n) is 4.87. The summed E-state index contributed by atoms with van der Waals surface area (Å²) in [4.78, 5) is 2.30. The van der Waals surface area contributed by atoms with Crippen LogP contribution in [0.2, 0.25) is 0 Å². The molecule has 0 atom stereocenters. The highest BCUT2D eigenvalue weighted by Gasteiger charge is 2.19. The number of hydrogen-bond donors (Lipinski definition) is 0. The molecular formula is C25H27N. The van der Waals surface area contributed by atoms with Gasteiger partial charge in [-0.3, -0.25) is 0 Å². The average Bonchev–Trinajstić information content (AvgIpc) is 2.65. The standard InChI is InChI=1S/C25H27N/c1-5-19-25(3,4)21-13-17-24(18-14-21)26(22-9-7-6-8-10-22)23-15-11-20(2)12-16-23/h5-18H,1,19H2,2-4H3. The van der Waals surface area contributed by atoms with Gasteiger partial charge in [-0.2, -0.15) is 0 Å². The molecule has 3 aromatic carbocycles. The lowest BCUT2D eigenvalue weighted by Crippen LogP contribution is -2.16. The van der Waals surface area contributed by atoms with Crippen LogP contribution in [-0.4, -0.2) is 0 Å². The van der Waals surface area contributed by atoms with Gasteiger partial charge < -0.3 is 4.90 Å². The summed E-state index contributed by atoms with van der Waals surface area (Å²) >= 11 is 0. The van der Waals surface area contributed by atoms with Crippen LogP contribution in [0.3, 0.4) is 0 Å². The van der Waals surface area contributed by atoms with Crippen molar-refractivity contribution < 1.29 is 0 Å². The lowest BCUT2D eigenvalue weighted by Gasteiger charge is -2.28.